The van der Waals surface area contributed by atoms with Gasteiger partial charge in [-0.1, -0.05) is 36.4 Å². The van der Waals surface area contributed by atoms with Gasteiger partial charge in [-0.05, 0) is 66.5 Å². The molecular formula is C26H26N6OS. The number of aromatic amines is 1. The Morgan fingerprint density at radius 3 is 2.71 bits per heavy atom. The highest BCUT2D eigenvalue weighted by molar-refractivity contribution is 7.80. The number of aryl methyl sites for hydroxylation is 1. The zero-order valence-corrected chi connectivity index (χ0v) is 19.7. The van der Waals surface area contributed by atoms with E-state index in [0.717, 1.165) is 28.8 Å². The quantitative estimate of drug-likeness (QED) is 0.178. The number of rotatable bonds is 8. The molecule has 172 valence electrons. The molecule has 8 heteroatoms. The van der Waals surface area contributed by atoms with Gasteiger partial charge in [-0.15, -0.1) is 0 Å². The number of carbonyl (C=O) groups is 1. The van der Waals surface area contributed by atoms with Gasteiger partial charge in [0.25, 0.3) is 5.91 Å². The summed E-state index contributed by atoms with van der Waals surface area (Å²) in [5.41, 5.74) is 8.55. The van der Waals surface area contributed by atoms with Crippen LogP contribution in [0.4, 0.5) is 0 Å². The number of H-pyrrole nitrogens is 1. The average molecular weight is 471 g/mol. The van der Waals surface area contributed by atoms with Crippen LogP contribution in [0.15, 0.2) is 78.2 Å². The third-order valence-corrected chi connectivity index (χ3v) is 5.56. The number of para-hydroxylation sites is 1. The number of amides is 1. The number of aromatic nitrogens is 2. The lowest BCUT2D eigenvalue weighted by molar-refractivity contribution is 0.0954. The van der Waals surface area contributed by atoms with Gasteiger partial charge in [0.1, 0.15) is 0 Å². The van der Waals surface area contributed by atoms with Crippen LogP contribution < -0.4 is 16.1 Å². The maximum Gasteiger partial charge on any atom is 0.251 e. The molecule has 34 heavy (non-hydrogen) atoms. The number of carbonyl (C=O) groups excluding carboxylic acids is 1. The van der Waals surface area contributed by atoms with Gasteiger partial charge in [-0.3, -0.25) is 15.2 Å². The van der Waals surface area contributed by atoms with Crippen LogP contribution in [0.2, 0.25) is 0 Å². The molecule has 4 rings (SSSR count). The Morgan fingerprint density at radius 1 is 1.09 bits per heavy atom. The van der Waals surface area contributed by atoms with Crippen molar-refractivity contribution in [3.05, 3.63) is 101 Å². The molecule has 0 radical (unpaired) electrons. The van der Waals surface area contributed by atoms with Gasteiger partial charge in [-0.2, -0.15) is 5.10 Å². The van der Waals surface area contributed by atoms with Crippen LogP contribution in [0.3, 0.4) is 0 Å². The van der Waals surface area contributed by atoms with Gasteiger partial charge in [0, 0.05) is 41.9 Å². The van der Waals surface area contributed by atoms with Crippen LogP contribution >= 0.6 is 12.2 Å². The summed E-state index contributed by atoms with van der Waals surface area (Å²) < 4.78 is 0. The summed E-state index contributed by atoms with van der Waals surface area (Å²) in [6, 6.07) is 19.5. The van der Waals surface area contributed by atoms with Crippen molar-refractivity contribution >= 4 is 40.4 Å². The predicted octanol–water partition coefficient (Wildman–Crippen LogP) is 3.84. The molecule has 2 aromatic heterocycles. The first-order chi connectivity index (χ1) is 16.6. The Hall–Kier alpha value is -4.04. The number of hydrazone groups is 1. The van der Waals surface area contributed by atoms with Crippen molar-refractivity contribution in [2.75, 3.05) is 6.54 Å². The van der Waals surface area contributed by atoms with Crippen molar-refractivity contribution in [1.29, 1.82) is 0 Å². The molecule has 0 aliphatic carbocycles. The van der Waals surface area contributed by atoms with E-state index in [1.54, 1.807) is 12.4 Å². The van der Waals surface area contributed by atoms with E-state index in [-0.39, 0.29) is 5.91 Å². The Labute approximate surface area is 203 Å². The summed E-state index contributed by atoms with van der Waals surface area (Å²) >= 11 is 5.24. The minimum absolute atomic E-state index is 0.0874. The van der Waals surface area contributed by atoms with Gasteiger partial charge in [0.15, 0.2) is 5.11 Å². The van der Waals surface area contributed by atoms with Gasteiger partial charge >= 0.3 is 0 Å². The maximum atomic E-state index is 12.5. The predicted molar refractivity (Wildman–Crippen MR) is 140 cm³/mol. The number of hydrogen-bond acceptors (Lipinski definition) is 4. The maximum absolute atomic E-state index is 12.5. The van der Waals surface area contributed by atoms with E-state index in [9.17, 15) is 4.79 Å². The Morgan fingerprint density at radius 2 is 1.91 bits per heavy atom. The second kappa shape index (κ2) is 11.2. The van der Waals surface area contributed by atoms with Crippen LogP contribution in [0.1, 0.15) is 32.7 Å². The molecule has 2 heterocycles. The molecule has 1 amide bonds. The summed E-state index contributed by atoms with van der Waals surface area (Å²) in [6.07, 6.45) is 6.16. The molecule has 0 atom stereocenters. The fourth-order valence-electron chi connectivity index (χ4n) is 3.46. The summed E-state index contributed by atoms with van der Waals surface area (Å²) in [6.45, 7) is 3.08. The topological polar surface area (TPSA) is 94.2 Å². The van der Waals surface area contributed by atoms with Crippen LogP contribution in [0.25, 0.3) is 10.9 Å². The van der Waals surface area contributed by atoms with Gasteiger partial charge in [-0.25, -0.2) is 0 Å². The third-order valence-electron chi connectivity index (χ3n) is 5.32. The molecule has 0 spiro atoms. The Balaban J connectivity index is 1.19. The van der Waals surface area contributed by atoms with E-state index in [1.165, 1.54) is 10.9 Å². The Kier molecular flexibility index (Phi) is 7.62. The molecule has 0 fully saturated rings. The first kappa shape index (κ1) is 23.1. The molecule has 0 aliphatic heterocycles. The summed E-state index contributed by atoms with van der Waals surface area (Å²) in [5, 5.41) is 11.8. The third kappa shape index (κ3) is 6.26. The minimum atomic E-state index is -0.0874. The van der Waals surface area contributed by atoms with Crippen molar-refractivity contribution < 1.29 is 4.79 Å². The lowest BCUT2D eigenvalue weighted by Crippen LogP contribution is -2.31. The highest BCUT2D eigenvalue weighted by Crippen LogP contribution is 2.17. The summed E-state index contributed by atoms with van der Waals surface area (Å²) in [7, 11) is 0. The second-order valence-corrected chi connectivity index (χ2v) is 8.28. The zero-order chi connectivity index (χ0) is 23.8. The van der Waals surface area contributed by atoms with E-state index in [0.29, 0.717) is 23.8 Å². The highest BCUT2D eigenvalue weighted by atomic mass is 32.1. The van der Waals surface area contributed by atoms with E-state index < -0.39 is 0 Å². The summed E-state index contributed by atoms with van der Waals surface area (Å²) in [5.74, 6) is -0.0874. The highest BCUT2D eigenvalue weighted by Gasteiger charge is 2.07. The van der Waals surface area contributed by atoms with Crippen LogP contribution in [-0.4, -0.2) is 33.7 Å². The number of pyridine rings is 1. The first-order valence-corrected chi connectivity index (χ1v) is 11.4. The lowest BCUT2D eigenvalue weighted by Gasteiger charge is -2.08. The van der Waals surface area contributed by atoms with E-state index >= 15 is 0 Å². The lowest BCUT2D eigenvalue weighted by atomic mass is 10.1. The number of fused-ring (bicyclic) bond motifs is 1. The van der Waals surface area contributed by atoms with Crippen LogP contribution in [0, 0.1) is 6.92 Å². The number of hydrogen-bond donors (Lipinski definition) is 4. The van der Waals surface area contributed by atoms with Crippen molar-refractivity contribution in [1.82, 2.24) is 26.0 Å². The van der Waals surface area contributed by atoms with Crippen molar-refractivity contribution in [2.24, 2.45) is 5.10 Å². The molecule has 4 aromatic rings. The van der Waals surface area contributed by atoms with E-state index in [2.05, 4.69) is 37.2 Å². The largest absolute Gasteiger partial charge is 0.361 e. The first-order valence-electron chi connectivity index (χ1n) is 11.0. The van der Waals surface area contributed by atoms with Gasteiger partial charge in [0.05, 0.1) is 11.9 Å². The zero-order valence-electron chi connectivity index (χ0n) is 18.8. The molecule has 0 unspecified atom stereocenters. The fourth-order valence-corrected chi connectivity index (χ4v) is 3.58. The molecule has 0 saturated carbocycles. The van der Waals surface area contributed by atoms with E-state index in [1.807, 2.05) is 67.7 Å². The Bertz CT molecular complexity index is 1300. The molecular weight excluding hydrogens is 444 g/mol. The van der Waals surface area contributed by atoms with Crippen molar-refractivity contribution in [3.8, 4) is 0 Å². The monoisotopic (exact) mass is 470 g/mol. The fraction of sp³-hybridized carbons (Fsp3) is 0.154. The van der Waals surface area contributed by atoms with Gasteiger partial charge in [0.2, 0.25) is 0 Å². The van der Waals surface area contributed by atoms with Crippen molar-refractivity contribution in [3.63, 3.8) is 0 Å². The van der Waals surface area contributed by atoms with Crippen LogP contribution in [-0.2, 0) is 13.0 Å². The smallest absolute Gasteiger partial charge is 0.251 e. The molecule has 0 bridgehead atoms. The van der Waals surface area contributed by atoms with Gasteiger partial charge < -0.3 is 15.6 Å². The molecule has 2 aromatic carbocycles. The SMILES string of the molecule is Cc1ccc(/C=N/NC(=S)NCc2ccc(C(=O)NCCc3c[nH]c4ccccc34)cc2)nc1. The van der Waals surface area contributed by atoms with Crippen molar-refractivity contribution in [2.45, 2.75) is 19.9 Å². The van der Waals surface area contributed by atoms with Crippen LogP contribution in [0.5, 0.6) is 0 Å². The minimum Gasteiger partial charge on any atom is -0.361 e. The molecule has 7 nitrogen and oxygen atoms in total. The number of nitrogens with one attached hydrogen (secondary N) is 4. The normalized spacial score (nSPS) is 11.0. The molecule has 0 aliphatic rings. The molecule has 0 saturated heterocycles. The van der Waals surface area contributed by atoms with E-state index in [4.69, 9.17) is 12.2 Å². The average Bonchev–Trinajstić information content (AvgIpc) is 3.27. The number of thiocarbonyl (C=S) groups is 1. The second-order valence-electron chi connectivity index (χ2n) is 7.88. The number of benzene rings is 2. The summed E-state index contributed by atoms with van der Waals surface area (Å²) in [4.78, 5) is 20.0. The standard InChI is InChI=1S/C26H26N6OS/c1-18-6-11-22(28-14-18)17-31-32-26(34)30-15-19-7-9-20(10-8-19)25(33)27-13-12-21-16-29-24-5-3-2-4-23(21)24/h2-11,14,16-17,29H,12-13,15H2,1H3,(H,27,33)(H2,30,32,34)/b31-17+. The molecule has 4 N–H and O–H groups in total. The number of nitrogens with zero attached hydrogens (tertiary/aromatic N) is 2.